The molecule has 1 amide bonds. The summed E-state index contributed by atoms with van der Waals surface area (Å²) in [6.07, 6.45) is 1.41. The van der Waals surface area contributed by atoms with Crippen LogP contribution in [0.2, 0.25) is 0 Å². The zero-order valence-corrected chi connectivity index (χ0v) is 14.6. The fourth-order valence-corrected chi connectivity index (χ4v) is 3.26. The first-order valence-corrected chi connectivity index (χ1v) is 8.54. The van der Waals surface area contributed by atoms with Crippen LogP contribution in [0.1, 0.15) is 35.1 Å². The Kier molecular flexibility index (Phi) is 5.00. The molecule has 0 spiro atoms. The Morgan fingerprint density at radius 2 is 2.08 bits per heavy atom. The highest BCUT2D eigenvalue weighted by molar-refractivity contribution is 5.79. The van der Waals surface area contributed by atoms with Gasteiger partial charge in [0, 0.05) is 31.2 Å². The predicted molar refractivity (Wildman–Crippen MR) is 92.7 cm³/mol. The number of hydrogen-bond donors (Lipinski definition) is 1. The van der Waals surface area contributed by atoms with E-state index in [9.17, 15) is 4.79 Å². The van der Waals surface area contributed by atoms with Crippen LogP contribution in [-0.4, -0.2) is 35.1 Å². The molecule has 5 nitrogen and oxygen atoms in total. The zero-order chi connectivity index (χ0) is 17.1. The van der Waals surface area contributed by atoms with E-state index in [1.54, 1.807) is 0 Å². The molecule has 128 valence electrons. The van der Waals surface area contributed by atoms with Crippen molar-refractivity contribution < 1.29 is 9.32 Å². The van der Waals surface area contributed by atoms with E-state index in [4.69, 9.17) is 4.52 Å². The van der Waals surface area contributed by atoms with Crippen molar-refractivity contribution in [3.63, 3.8) is 0 Å². The first kappa shape index (κ1) is 16.7. The summed E-state index contributed by atoms with van der Waals surface area (Å²) in [4.78, 5) is 14.6. The molecular formula is C19H25N3O2. The molecule has 0 saturated heterocycles. The summed E-state index contributed by atoms with van der Waals surface area (Å²) in [5.41, 5.74) is 4.54. The van der Waals surface area contributed by atoms with Crippen molar-refractivity contribution in [2.75, 3.05) is 13.1 Å². The Hall–Kier alpha value is -2.14. The van der Waals surface area contributed by atoms with Crippen molar-refractivity contribution in [2.24, 2.45) is 0 Å². The number of benzene rings is 1. The molecule has 1 aromatic heterocycles. The first-order chi connectivity index (χ1) is 11.5. The van der Waals surface area contributed by atoms with E-state index >= 15 is 0 Å². The highest BCUT2D eigenvalue weighted by Crippen LogP contribution is 2.20. The first-order valence-electron chi connectivity index (χ1n) is 8.54. The van der Waals surface area contributed by atoms with E-state index in [1.165, 1.54) is 11.1 Å². The number of carbonyl (C=O) groups is 1. The molecule has 2 aromatic rings. The van der Waals surface area contributed by atoms with Crippen molar-refractivity contribution >= 4 is 5.91 Å². The van der Waals surface area contributed by atoms with Crippen LogP contribution in [0.15, 0.2) is 28.8 Å². The number of nitrogens with one attached hydrogen (secondary N) is 1. The molecule has 1 aliphatic heterocycles. The Labute approximate surface area is 143 Å². The summed E-state index contributed by atoms with van der Waals surface area (Å²) in [6, 6.07) is 8.92. The third kappa shape index (κ3) is 3.67. The SMILES string of the molecule is Cc1noc(C)c1CC(=O)NCC(C)N1CCc2ccccc2C1. The van der Waals surface area contributed by atoms with Crippen LogP contribution in [0.5, 0.6) is 0 Å². The summed E-state index contributed by atoms with van der Waals surface area (Å²) in [7, 11) is 0. The second kappa shape index (κ2) is 7.18. The van der Waals surface area contributed by atoms with Crippen LogP contribution in [0, 0.1) is 13.8 Å². The van der Waals surface area contributed by atoms with Gasteiger partial charge in [0.15, 0.2) is 0 Å². The molecule has 0 radical (unpaired) electrons. The zero-order valence-electron chi connectivity index (χ0n) is 14.6. The second-order valence-electron chi connectivity index (χ2n) is 6.62. The van der Waals surface area contributed by atoms with E-state index in [2.05, 4.69) is 46.6 Å². The largest absolute Gasteiger partial charge is 0.361 e. The standard InChI is InChI=1S/C19H25N3O2/c1-13(22-9-8-16-6-4-5-7-17(16)12-22)11-20-19(23)10-18-14(2)21-24-15(18)3/h4-7,13H,8-12H2,1-3H3,(H,20,23). The van der Waals surface area contributed by atoms with Gasteiger partial charge in [0.05, 0.1) is 12.1 Å². The Balaban J connectivity index is 1.51. The summed E-state index contributed by atoms with van der Waals surface area (Å²) in [5, 5.41) is 6.94. The van der Waals surface area contributed by atoms with Crippen LogP contribution in [0.3, 0.4) is 0 Å². The molecular weight excluding hydrogens is 302 g/mol. The van der Waals surface area contributed by atoms with E-state index in [0.717, 1.165) is 36.5 Å². The minimum absolute atomic E-state index is 0.0219. The lowest BCUT2D eigenvalue weighted by Crippen LogP contribution is -2.44. The molecule has 0 saturated carbocycles. The molecule has 5 heteroatoms. The van der Waals surface area contributed by atoms with Gasteiger partial charge in [-0.2, -0.15) is 0 Å². The van der Waals surface area contributed by atoms with Crippen molar-refractivity contribution in [1.82, 2.24) is 15.4 Å². The second-order valence-corrected chi connectivity index (χ2v) is 6.62. The van der Waals surface area contributed by atoms with E-state index in [-0.39, 0.29) is 5.91 Å². The van der Waals surface area contributed by atoms with E-state index in [0.29, 0.717) is 19.0 Å². The number of fused-ring (bicyclic) bond motifs is 1. The van der Waals surface area contributed by atoms with Crippen molar-refractivity contribution in [1.29, 1.82) is 0 Å². The lowest BCUT2D eigenvalue weighted by Gasteiger charge is -2.33. The molecule has 3 rings (SSSR count). The van der Waals surface area contributed by atoms with Gasteiger partial charge >= 0.3 is 0 Å². The molecule has 1 N–H and O–H groups in total. The minimum atomic E-state index is 0.0219. The smallest absolute Gasteiger partial charge is 0.224 e. The Morgan fingerprint density at radius 3 is 2.79 bits per heavy atom. The number of rotatable bonds is 5. The van der Waals surface area contributed by atoms with Gasteiger partial charge in [-0.05, 0) is 38.3 Å². The van der Waals surface area contributed by atoms with Gasteiger partial charge in [-0.3, -0.25) is 9.69 Å². The van der Waals surface area contributed by atoms with Crippen molar-refractivity contribution in [3.05, 3.63) is 52.4 Å². The monoisotopic (exact) mass is 327 g/mol. The van der Waals surface area contributed by atoms with Gasteiger partial charge in [0.1, 0.15) is 5.76 Å². The number of aromatic nitrogens is 1. The molecule has 0 fully saturated rings. The summed E-state index contributed by atoms with van der Waals surface area (Å²) in [5.74, 6) is 0.747. The highest BCUT2D eigenvalue weighted by atomic mass is 16.5. The summed E-state index contributed by atoms with van der Waals surface area (Å²) in [6.45, 7) is 8.53. The van der Waals surface area contributed by atoms with Crippen LogP contribution in [0.25, 0.3) is 0 Å². The average molecular weight is 327 g/mol. The van der Waals surface area contributed by atoms with Crippen molar-refractivity contribution in [2.45, 2.75) is 46.2 Å². The molecule has 24 heavy (non-hydrogen) atoms. The molecule has 0 bridgehead atoms. The Morgan fingerprint density at radius 1 is 1.33 bits per heavy atom. The maximum atomic E-state index is 12.2. The van der Waals surface area contributed by atoms with Crippen LogP contribution < -0.4 is 5.32 Å². The quantitative estimate of drug-likeness (QED) is 0.916. The minimum Gasteiger partial charge on any atom is -0.361 e. The van der Waals surface area contributed by atoms with Gasteiger partial charge in [-0.1, -0.05) is 29.4 Å². The molecule has 1 atom stereocenters. The molecule has 1 aliphatic rings. The average Bonchev–Trinajstić information content (AvgIpc) is 2.91. The topological polar surface area (TPSA) is 58.4 Å². The normalized spacial score (nSPS) is 15.8. The van der Waals surface area contributed by atoms with Crippen molar-refractivity contribution in [3.8, 4) is 0 Å². The van der Waals surface area contributed by atoms with Crippen LogP contribution in [-0.2, 0) is 24.2 Å². The van der Waals surface area contributed by atoms with Crippen LogP contribution in [0.4, 0.5) is 0 Å². The van der Waals surface area contributed by atoms with Gasteiger partial charge in [0.25, 0.3) is 0 Å². The number of carbonyl (C=O) groups excluding carboxylic acids is 1. The van der Waals surface area contributed by atoms with Crippen LogP contribution >= 0.6 is 0 Å². The highest BCUT2D eigenvalue weighted by Gasteiger charge is 2.21. The third-order valence-corrected chi connectivity index (χ3v) is 4.90. The maximum absolute atomic E-state index is 12.2. The molecule has 0 aliphatic carbocycles. The van der Waals surface area contributed by atoms with E-state index in [1.807, 2.05) is 13.8 Å². The predicted octanol–water partition coefficient (Wildman–Crippen LogP) is 2.40. The molecule has 1 unspecified atom stereocenters. The summed E-state index contributed by atoms with van der Waals surface area (Å²) >= 11 is 0. The third-order valence-electron chi connectivity index (χ3n) is 4.90. The van der Waals surface area contributed by atoms with Gasteiger partial charge in [-0.15, -0.1) is 0 Å². The summed E-state index contributed by atoms with van der Waals surface area (Å²) < 4.78 is 5.11. The number of hydrogen-bond acceptors (Lipinski definition) is 4. The number of amides is 1. The fourth-order valence-electron chi connectivity index (χ4n) is 3.26. The maximum Gasteiger partial charge on any atom is 0.224 e. The number of aryl methyl sites for hydroxylation is 2. The number of nitrogens with zero attached hydrogens (tertiary/aromatic N) is 2. The van der Waals surface area contributed by atoms with Gasteiger partial charge < -0.3 is 9.84 Å². The van der Waals surface area contributed by atoms with Gasteiger partial charge in [-0.25, -0.2) is 0 Å². The molecule has 2 heterocycles. The molecule has 1 aromatic carbocycles. The Bertz CT molecular complexity index is 704. The lowest BCUT2D eigenvalue weighted by molar-refractivity contribution is -0.120. The van der Waals surface area contributed by atoms with Gasteiger partial charge in [0.2, 0.25) is 5.91 Å². The lowest BCUT2D eigenvalue weighted by atomic mass is 9.99. The fraction of sp³-hybridized carbons (Fsp3) is 0.474. The van der Waals surface area contributed by atoms with E-state index < -0.39 is 0 Å².